The van der Waals surface area contributed by atoms with Crippen molar-refractivity contribution in [3.63, 3.8) is 0 Å². The summed E-state index contributed by atoms with van der Waals surface area (Å²) in [5.74, 6) is 0.00459. The topological polar surface area (TPSA) is 73.9 Å². The van der Waals surface area contributed by atoms with Crippen LogP contribution >= 0.6 is 0 Å². The monoisotopic (exact) mass is 768 g/mol. The first-order valence-electron chi connectivity index (χ1n) is 20.7. The van der Waals surface area contributed by atoms with E-state index in [0.717, 1.165) is 29.6 Å². The van der Waals surface area contributed by atoms with Crippen LogP contribution in [-0.4, -0.2) is 52.9 Å². The molecule has 1 N–H and O–H groups in total. The Balaban J connectivity index is 2.49. The van der Waals surface area contributed by atoms with Crippen molar-refractivity contribution in [2.45, 2.75) is 194 Å². The lowest BCUT2D eigenvalue weighted by atomic mass is 10.0. The molecule has 0 aliphatic carbocycles. The number of rotatable bonds is 23. The minimum absolute atomic E-state index is 0.00459. The van der Waals surface area contributed by atoms with E-state index in [2.05, 4.69) is 115 Å². The molecule has 0 bridgehead atoms. The van der Waals surface area contributed by atoms with Crippen LogP contribution in [-0.2, 0) is 18.4 Å². The van der Waals surface area contributed by atoms with Crippen molar-refractivity contribution in [2.24, 2.45) is 0 Å². The van der Waals surface area contributed by atoms with Gasteiger partial charge in [-0.2, -0.15) is 0 Å². The molecule has 1 amide bonds. The van der Waals surface area contributed by atoms with Gasteiger partial charge in [-0.1, -0.05) is 180 Å². The second-order valence-electron chi connectivity index (χ2n) is 18.6. The van der Waals surface area contributed by atoms with Gasteiger partial charge in [0.1, 0.15) is 11.7 Å². The molecule has 2 aromatic carbocycles. The van der Waals surface area contributed by atoms with Crippen LogP contribution < -0.4 is 15.7 Å². The molecule has 0 aliphatic heterocycles. The molecule has 53 heavy (non-hydrogen) atoms. The molecule has 6 nitrogen and oxygen atoms in total. The molecule has 0 aliphatic rings. The lowest BCUT2D eigenvalue weighted by Gasteiger charge is -2.46. The highest BCUT2D eigenvalue weighted by atomic mass is 28.4. The Bertz CT molecular complexity index is 1290. The number of benzene rings is 2. The van der Waals surface area contributed by atoms with Gasteiger partial charge in [-0.15, -0.1) is 0 Å². The molecule has 300 valence electrons. The van der Waals surface area contributed by atoms with Gasteiger partial charge < -0.3 is 18.9 Å². The number of ketones is 1. The van der Waals surface area contributed by atoms with E-state index in [0.29, 0.717) is 6.42 Å². The number of carbonyl (C=O) groups excluding carboxylic acids is 2. The number of hydrogen-bond acceptors (Lipinski definition) is 5. The Morgan fingerprint density at radius 1 is 0.642 bits per heavy atom. The fourth-order valence-corrected chi connectivity index (χ4v) is 12.4. The van der Waals surface area contributed by atoms with Gasteiger partial charge in [-0.25, -0.2) is 4.79 Å². The number of carbonyl (C=O) groups is 2. The maximum absolute atomic E-state index is 14.8. The lowest BCUT2D eigenvalue weighted by molar-refractivity contribution is -0.128. The minimum atomic E-state index is -3.19. The SMILES string of the molecule is CCCCCCCCCCCCCCC(=O)[C@H](O[Si](c1ccccc1)(c1ccccc1)C(C)(C)C)[C@@H](CO[Si](C)(C)C(C)(C)C)NC(=O)OC(C)(C)C. The molecular formula is C45H77NO5Si2. The van der Waals surface area contributed by atoms with Gasteiger partial charge in [-0.3, -0.25) is 4.79 Å². The summed E-state index contributed by atoms with van der Waals surface area (Å²) in [6, 6.07) is 20.1. The molecule has 2 atom stereocenters. The van der Waals surface area contributed by atoms with Gasteiger partial charge in [-0.05, 0) is 60.7 Å². The van der Waals surface area contributed by atoms with Crippen molar-refractivity contribution in [3.8, 4) is 0 Å². The zero-order valence-corrected chi connectivity index (χ0v) is 37.9. The minimum Gasteiger partial charge on any atom is -0.444 e. The Labute approximate surface area is 327 Å². The van der Waals surface area contributed by atoms with E-state index >= 15 is 0 Å². The van der Waals surface area contributed by atoms with Gasteiger partial charge in [0.25, 0.3) is 8.32 Å². The smallest absolute Gasteiger partial charge is 0.408 e. The molecule has 2 rings (SSSR count). The zero-order chi connectivity index (χ0) is 39.8. The molecule has 0 radical (unpaired) electrons. The predicted molar refractivity (Wildman–Crippen MR) is 230 cm³/mol. The van der Waals surface area contributed by atoms with E-state index in [9.17, 15) is 9.59 Å². The van der Waals surface area contributed by atoms with Crippen LogP contribution in [0.1, 0.15) is 153 Å². The maximum Gasteiger partial charge on any atom is 0.408 e. The number of ether oxygens (including phenoxy) is 1. The van der Waals surface area contributed by atoms with Crippen LogP contribution in [0.3, 0.4) is 0 Å². The third-order valence-corrected chi connectivity index (χ3v) is 20.3. The zero-order valence-electron chi connectivity index (χ0n) is 35.9. The van der Waals surface area contributed by atoms with Crippen molar-refractivity contribution in [1.29, 1.82) is 0 Å². The highest BCUT2D eigenvalue weighted by Gasteiger charge is 2.53. The molecule has 2 aromatic rings. The van der Waals surface area contributed by atoms with Crippen LogP contribution in [0.2, 0.25) is 23.2 Å². The fourth-order valence-electron chi connectivity index (χ4n) is 6.71. The van der Waals surface area contributed by atoms with Crippen LogP contribution in [0, 0.1) is 0 Å². The van der Waals surface area contributed by atoms with Crippen molar-refractivity contribution in [1.82, 2.24) is 5.32 Å². The maximum atomic E-state index is 14.8. The van der Waals surface area contributed by atoms with E-state index < -0.39 is 40.5 Å². The Hall–Kier alpha value is -2.27. The standard InChI is InChI=1S/C45H77NO5Si2/c1-13-14-15-16-17-18-19-20-21-22-23-30-35-40(47)41(39(46-42(48)50-43(2,3)4)36-49-52(11,12)44(5,6)7)51-53(45(8,9)10,37-31-26-24-27-32-37)38-33-28-25-29-34-38/h24-29,31-34,39,41H,13-23,30,35-36H2,1-12H3,(H,46,48)/t39-,41-/m1/s1. The van der Waals surface area contributed by atoms with Gasteiger partial charge in [0.15, 0.2) is 14.1 Å². The fraction of sp³-hybridized carbons (Fsp3) is 0.689. The number of hydrogen-bond donors (Lipinski definition) is 1. The van der Waals surface area contributed by atoms with Crippen LogP contribution in [0.4, 0.5) is 4.79 Å². The van der Waals surface area contributed by atoms with Crippen LogP contribution in [0.15, 0.2) is 60.7 Å². The van der Waals surface area contributed by atoms with Crippen molar-refractivity contribution < 1.29 is 23.2 Å². The van der Waals surface area contributed by atoms with Gasteiger partial charge in [0.2, 0.25) is 0 Å². The lowest BCUT2D eigenvalue weighted by Crippen LogP contribution is -2.70. The van der Waals surface area contributed by atoms with Crippen LogP contribution in [0.5, 0.6) is 0 Å². The first-order chi connectivity index (χ1) is 24.7. The molecule has 0 fully saturated rings. The summed E-state index contributed by atoms with van der Waals surface area (Å²) >= 11 is 0. The summed E-state index contributed by atoms with van der Waals surface area (Å²) in [7, 11) is -5.46. The van der Waals surface area contributed by atoms with Crippen LogP contribution in [0.25, 0.3) is 0 Å². The van der Waals surface area contributed by atoms with E-state index in [1.165, 1.54) is 57.8 Å². The van der Waals surface area contributed by atoms with Gasteiger partial charge in [0, 0.05) is 6.42 Å². The first kappa shape index (κ1) is 46.9. The molecule has 0 saturated heterocycles. The summed E-state index contributed by atoms with van der Waals surface area (Å²) < 4.78 is 20.2. The summed E-state index contributed by atoms with van der Waals surface area (Å²) in [5.41, 5.74) is -0.706. The molecule has 0 heterocycles. The summed E-state index contributed by atoms with van der Waals surface area (Å²) in [6.07, 6.45) is 13.6. The number of unbranched alkanes of at least 4 members (excludes halogenated alkanes) is 11. The highest BCUT2D eigenvalue weighted by molar-refractivity contribution is 6.99. The largest absolute Gasteiger partial charge is 0.444 e. The van der Waals surface area contributed by atoms with E-state index in [1.807, 2.05) is 32.9 Å². The molecular weight excluding hydrogens is 691 g/mol. The Morgan fingerprint density at radius 2 is 1.08 bits per heavy atom. The normalized spacial score (nSPS) is 14.1. The molecule has 8 heteroatoms. The van der Waals surface area contributed by atoms with E-state index in [4.69, 9.17) is 13.6 Å². The molecule has 0 unspecified atom stereocenters. The number of Topliss-reactive ketones (excluding diaryl/α,β-unsaturated/α-hetero) is 1. The number of nitrogens with one attached hydrogen (secondary N) is 1. The van der Waals surface area contributed by atoms with E-state index in [1.54, 1.807) is 0 Å². The third-order valence-electron chi connectivity index (χ3n) is 10.8. The van der Waals surface area contributed by atoms with Crippen molar-refractivity contribution in [2.75, 3.05) is 6.61 Å². The van der Waals surface area contributed by atoms with Crippen molar-refractivity contribution >= 4 is 38.9 Å². The second kappa shape index (κ2) is 21.7. The second-order valence-corrected chi connectivity index (χ2v) is 27.7. The molecule has 0 saturated carbocycles. The number of alkyl carbamates (subject to hydrolysis) is 1. The molecule has 0 spiro atoms. The third kappa shape index (κ3) is 15.4. The molecule has 0 aromatic heterocycles. The van der Waals surface area contributed by atoms with Gasteiger partial charge in [0.05, 0.1) is 12.6 Å². The van der Waals surface area contributed by atoms with Crippen molar-refractivity contribution in [3.05, 3.63) is 60.7 Å². The number of amides is 1. The first-order valence-corrected chi connectivity index (χ1v) is 25.5. The summed E-state index contributed by atoms with van der Waals surface area (Å²) in [6.45, 7) is 25.6. The predicted octanol–water partition coefficient (Wildman–Crippen LogP) is 11.5. The average molecular weight is 768 g/mol. The average Bonchev–Trinajstić information content (AvgIpc) is 3.06. The summed E-state index contributed by atoms with van der Waals surface area (Å²) in [5, 5.41) is 4.87. The highest BCUT2D eigenvalue weighted by Crippen LogP contribution is 2.39. The van der Waals surface area contributed by atoms with Gasteiger partial charge >= 0.3 is 6.09 Å². The Morgan fingerprint density at radius 3 is 1.47 bits per heavy atom. The quantitative estimate of drug-likeness (QED) is 0.0900. The van der Waals surface area contributed by atoms with E-state index in [-0.39, 0.29) is 22.5 Å². The Kier molecular flexibility index (Phi) is 19.2. The summed E-state index contributed by atoms with van der Waals surface area (Å²) in [4.78, 5) is 28.3.